The molecule has 5 atom stereocenters. The number of aromatic nitrogens is 1. The quantitative estimate of drug-likeness (QED) is 0.0695. The largest absolute Gasteiger partial charge is 0.506 e. The fourth-order valence-corrected chi connectivity index (χ4v) is 8.97. The van der Waals surface area contributed by atoms with Crippen LogP contribution in [0.4, 0.5) is 0 Å². The monoisotopic (exact) mass is 707 g/mol. The van der Waals surface area contributed by atoms with E-state index in [4.69, 9.17) is 9.47 Å². The van der Waals surface area contributed by atoms with Crippen LogP contribution >= 0.6 is 0 Å². The van der Waals surface area contributed by atoms with Gasteiger partial charge in [0.2, 0.25) is 5.56 Å². The summed E-state index contributed by atoms with van der Waals surface area (Å²) in [6.07, 6.45) is 12.1. The fraction of sp³-hybridized carbons (Fsp3) is 0.488. The molecule has 0 spiro atoms. The van der Waals surface area contributed by atoms with Gasteiger partial charge in [-0.15, -0.1) is 0 Å². The van der Waals surface area contributed by atoms with E-state index in [2.05, 4.69) is 22.2 Å². The number of aliphatic hydroxyl groups excluding tert-OH is 1. The topological polar surface area (TPSA) is 124 Å². The number of nitrogens with zero attached hydrogens (tertiary/aromatic N) is 1. The van der Waals surface area contributed by atoms with Crippen LogP contribution in [0, 0.1) is 11.8 Å². The Morgan fingerprint density at radius 2 is 1.56 bits per heavy atom. The number of ether oxygens (including phenoxy) is 2. The fourth-order valence-electron chi connectivity index (χ4n) is 8.97. The van der Waals surface area contributed by atoms with Gasteiger partial charge in [-0.25, -0.2) is 0 Å². The highest BCUT2D eigenvalue weighted by molar-refractivity contribution is 5.87. The first-order valence-corrected chi connectivity index (χ1v) is 19.4. The number of phenolic OH excluding ortho intramolecular Hbond substituents is 1. The third-order valence-corrected chi connectivity index (χ3v) is 11.8. The lowest BCUT2D eigenvalue weighted by atomic mass is 9.65. The first kappa shape index (κ1) is 36.2. The van der Waals surface area contributed by atoms with Crippen molar-refractivity contribution in [2.45, 2.75) is 94.8 Å². The first-order valence-electron chi connectivity index (χ1n) is 19.4. The molecule has 3 fully saturated rings. The van der Waals surface area contributed by atoms with Gasteiger partial charge in [0.25, 0.3) is 0 Å². The minimum atomic E-state index is -0.727. The zero-order valence-electron chi connectivity index (χ0n) is 30.3. The van der Waals surface area contributed by atoms with Crippen molar-refractivity contribution >= 4 is 16.9 Å². The molecule has 9 nitrogen and oxygen atoms in total. The zero-order chi connectivity index (χ0) is 36.0. The molecule has 3 aromatic carbocycles. The molecule has 4 N–H and O–H groups in total. The molecule has 9 heteroatoms. The van der Waals surface area contributed by atoms with Gasteiger partial charge in [-0.2, -0.15) is 0 Å². The van der Waals surface area contributed by atoms with Gasteiger partial charge in [0.1, 0.15) is 29.3 Å². The molecule has 3 aliphatic carbocycles. The van der Waals surface area contributed by atoms with E-state index in [9.17, 15) is 19.8 Å². The summed E-state index contributed by atoms with van der Waals surface area (Å²) in [5, 5.41) is 24.8. The van der Waals surface area contributed by atoms with Crippen molar-refractivity contribution in [1.82, 2.24) is 15.2 Å². The van der Waals surface area contributed by atoms with Gasteiger partial charge in [0, 0.05) is 35.2 Å². The molecule has 276 valence electrons. The molecule has 4 aromatic rings. The molecule has 52 heavy (non-hydrogen) atoms. The summed E-state index contributed by atoms with van der Waals surface area (Å²) in [4.78, 5) is 30.7. The number of carbonyl (C=O) groups is 1. The molecule has 0 amide bonds. The van der Waals surface area contributed by atoms with Gasteiger partial charge in [0.05, 0.1) is 11.6 Å². The van der Waals surface area contributed by atoms with Crippen LogP contribution in [0.2, 0.25) is 0 Å². The number of hydrogen-bond acceptors (Lipinski definition) is 8. The first-order chi connectivity index (χ1) is 25.4. The number of benzene rings is 3. The molecule has 2 heterocycles. The highest BCUT2D eigenvalue weighted by atomic mass is 16.5. The lowest BCUT2D eigenvalue weighted by Gasteiger charge is -2.49. The minimum absolute atomic E-state index is 0.0000690. The van der Waals surface area contributed by atoms with E-state index < -0.39 is 12.0 Å². The van der Waals surface area contributed by atoms with Crippen molar-refractivity contribution in [3.05, 3.63) is 99.8 Å². The molecule has 1 aliphatic heterocycles. The number of aromatic amines is 1. The summed E-state index contributed by atoms with van der Waals surface area (Å²) in [5.74, 6) is 1.86. The summed E-state index contributed by atoms with van der Waals surface area (Å²) in [5.41, 5.74) is 2.53. The number of carbonyl (C=O) groups excluding carboxylic acids is 1. The highest BCUT2D eigenvalue weighted by Crippen LogP contribution is 2.48. The normalized spacial score (nSPS) is 21.4. The Kier molecular flexibility index (Phi) is 11.6. The van der Waals surface area contributed by atoms with Crippen molar-refractivity contribution < 1.29 is 24.5 Å². The third-order valence-electron chi connectivity index (χ3n) is 11.8. The maximum absolute atomic E-state index is 13.8. The maximum Gasteiger partial charge on any atom is 0.318 e. The third kappa shape index (κ3) is 8.07. The van der Waals surface area contributed by atoms with Crippen LogP contribution in [0.3, 0.4) is 0 Å². The number of H-pyrrole nitrogens is 1. The number of aliphatic hydroxyl groups is 1. The van der Waals surface area contributed by atoms with Crippen molar-refractivity contribution in [2.24, 2.45) is 11.8 Å². The molecule has 8 rings (SSSR count). The SMILES string of the molecule is CN(CCCCCCCCCNC[C@H](O)c1ccc(O)c2[nH]c(=O)ccc12)C1CC2CCC1CC2OC(=O)C1c2ccccc2Oc2ccccc21. The summed E-state index contributed by atoms with van der Waals surface area (Å²) in [7, 11) is 2.29. The zero-order valence-corrected chi connectivity index (χ0v) is 30.3. The number of aromatic hydroxyl groups is 1. The summed E-state index contributed by atoms with van der Waals surface area (Å²) < 4.78 is 12.5. The van der Waals surface area contributed by atoms with Gasteiger partial charge in [0.15, 0.2) is 0 Å². The van der Waals surface area contributed by atoms with Crippen LogP contribution in [-0.2, 0) is 9.53 Å². The predicted octanol–water partition coefficient (Wildman–Crippen LogP) is 7.56. The Bertz CT molecular complexity index is 1850. The molecule has 0 radical (unpaired) electrons. The van der Waals surface area contributed by atoms with Gasteiger partial charge in [-0.1, -0.05) is 74.6 Å². The van der Waals surface area contributed by atoms with Gasteiger partial charge >= 0.3 is 5.97 Å². The van der Waals surface area contributed by atoms with Crippen LogP contribution in [0.15, 0.2) is 77.6 Å². The molecular formula is C43H53N3O6. The number of hydrogen-bond donors (Lipinski definition) is 4. The van der Waals surface area contributed by atoms with Crippen LogP contribution in [0.1, 0.15) is 99.3 Å². The predicted molar refractivity (Wildman–Crippen MR) is 203 cm³/mol. The Hall–Kier alpha value is -4.18. The van der Waals surface area contributed by atoms with Crippen molar-refractivity contribution in [2.75, 3.05) is 26.7 Å². The standard InChI is InChI=1S/C43H53N3O6/c1-46(24-12-6-4-2-3-5-11-23-44-27-36(48)30-19-21-35(47)42-31(30)20-22-40(49)45-42)34-25-29-18-17-28(34)26-39(29)52-43(50)41-32-13-7-9-15-37(32)51-38-16-10-8-14-33(38)41/h7-10,13-16,19-22,28-29,34,36,39,41,44,47-48H,2-6,11-12,17-18,23-27H2,1H3,(H,45,49)/t28?,29?,34?,36-,39?/m0/s1. The van der Waals surface area contributed by atoms with E-state index in [-0.39, 0.29) is 23.4 Å². The minimum Gasteiger partial charge on any atom is -0.506 e. The number of nitrogens with one attached hydrogen (secondary N) is 2. The van der Waals surface area contributed by atoms with Crippen LogP contribution in [-0.4, -0.2) is 64.9 Å². The van der Waals surface area contributed by atoms with Crippen molar-refractivity contribution in [1.29, 1.82) is 0 Å². The highest BCUT2D eigenvalue weighted by Gasteiger charge is 2.46. The number of fused-ring (bicyclic) bond motifs is 6. The number of rotatable bonds is 16. The average Bonchev–Trinajstić information content (AvgIpc) is 3.16. The lowest BCUT2D eigenvalue weighted by Crippen LogP contribution is -2.52. The van der Waals surface area contributed by atoms with Crippen molar-refractivity contribution in [3.8, 4) is 17.2 Å². The Morgan fingerprint density at radius 3 is 2.27 bits per heavy atom. The molecular weight excluding hydrogens is 654 g/mol. The molecule has 4 unspecified atom stereocenters. The van der Waals surface area contributed by atoms with Gasteiger partial charge in [-0.05, 0) is 100 Å². The number of para-hydroxylation sites is 2. The second kappa shape index (κ2) is 16.7. The Morgan fingerprint density at radius 1 is 0.885 bits per heavy atom. The second-order valence-electron chi connectivity index (χ2n) is 15.2. The molecule has 0 saturated heterocycles. The van der Waals surface area contributed by atoms with E-state index in [1.807, 2.05) is 48.5 Å². The van der Waals surface area contributed by atoms with E-state index in [0.29, 0.717) is 40.9 Å². The van der Waals surface area contributed by atoms with Crippen LogP contribution < -0.4 is 15.6 Å². The van der Waals surface area contributed by atoms with Crippen molar-refractivity contribution in [3.63, 3.8) is 0 Å². The average molecular weight is 708 g/mol. The number of unbranched alkanes of at least 4 members (excludes halogenated alkanes) is 6. The van der Waals surface area contributed by atoms with E-state index >= 15 is 0 Å². The Balaban J connectivity index is 0.771. The molecule has 4 aliphatic rings. The summed E-state index contributed by atoms with van der Waals surface area (Å²) >= 11 is 0. The van der Waals surface area contributed by atoms with Gasteiger partial charge < -0.3 is 34.9 Å². The van der Waals surface area contributed by atoms with Gasteiger partial charge in [-0.3, -0.25) is 9.59 Å². The smallest absolute Gasteiger partial charge is 0.318 e. The van der Waals surface area contributed by atoms with Crippen LogP contribution in [0.5, 0.6) is 17.2 Å². The second-order valence-corrected chi connectivity index (χ2v) is 15.2. The van der Waals surface area contributed by atoms with E-state index in [1.54, 1.807) is 12.1 Å². The molecule has 2 bridgehead atoms. The summed E-state index contributed by atoms with van der Waals surface area (Å²) in [6.45, 7) is 2.38. The number of esters is 1. The summed E-state index contributed by atoms with van der Waals surface area (Å²) in [6, 6.07) is 22.5. The van der Waals surface area contributed by atoms with Crippen LogP contribution in [0.25, 0.3) is 10.9 Å². The Labute approximate surface area is 306 Å². The lowest BCUT2D eigenvalue weighted by molar-refractivity contribution is -0.161. The maximum atomic E-state index is 13.8. The number of phenols is 1. The van der Waals surface area contributed by atoms with E-state index in [0.717, 1.165) is 67.8 Å². The van der Waals surface area contributed by atoms with E-state index in [1.165, 1.54) is 50.7 Å². The molecule has 1 aromatic heterocycles. The number of pyridine rings is 1. The molecule has 3 saturated carbocycles.